The molecule has 0 radical (unpaired) electrons. The van der Waals surface area contributed by atoms with Gasteiger partial charge in [-0.3, -0.25) is 0 Å². The van der Waals surface area contributed by atoms with Crippen molar-refractivity contribution in [2.24, 2.45) is 11.8 Å². The predicted octanol–water partition coefficient (Wildman–Crippen LogP) is 3.74. The van der Waals surface area contributed by atoms with Crippen LogP contribution in [-0.4, -0.2) is 39.4 Å². The molecule has 148 valence electrons. The molecule has 1 fully saturated rings. The van der Waals surface area contributed by atoms with Crippen LogP contribution in [0.4, 0.5) is 13.2 Å². The molecule has 0 unspecified atom stereocenters. The molecule has 0 atom stereocenters. The number of alkyl halides is 3. The van der Waals surface area contributed by atoms with Gasteiger partial charge in [-0.1, -0.05) is 6.92 Å². The highest BCUT2D eigenvalue weighted by Gasteiger charge is 2.32. The second-order valence-corrected chi connectivity index (χ2v) is 9.05. The van der Waals surface area contributed by atoms with E-state index in [1.807, 2.05) is 0 Å². The number of benzene rings is 1. The maximum absolute atomic E-state index is 12.6. The molecular weight excluding hydrogens is 365 g/mol. The summed E-state index contributed by atoms with van der Waals surface area (Å²) in [5.41, 5.74) is -0.849. The van der Waals surface area contributed by atoms with E-state index in [2.05, 4.69) is 12.2 Å². The van der Waals surface area contributed by atoms with Crippen LogP contribution >= 0.6 is 0 Å². The van der Waals surface area contributed by atoms with Crippen molar-refractivity contribution in [1.29, 1.82) is 0 Å². The first-order valence-electron chi connectivity index (χ1n) is 8.99. The summed E-state index contributed by atoms with van der Waals surface area (Å²) in [6, 6.07) is 3.68. The van der Waals surface area contributed by atoms with Crippen molar-refractivity contribution in [2.45, 2.75) is 43.7 Å². The van der Waals surface area contributed by atoms with Crippen molar-refractivity contribution in [2.75, 3.05) is 26.7 Å². The lowest BCUT2D eigenvalue weighted by Crippen LogP contribution is -2.34. The van der Waals surface area contributed by atoms with Gasteiger partial charge in [0.1, 0.15) is 0 Å². The lowest BCUT2D eigenvalue weighted by atomic mass is 9.82. The third-order valence-corrected chi connectivity index (χ3v) is 6.89. The summed E-state index contributed by atoms with van der Waals surface area (Å²) in [4.78, 5) is -0.103. The van der Waals surface area contributed by atoms with Gasteiger partial charge in [-0.15, -0.1) is 0 Å². The number of rotatable bonds is 7. The normalized spacial score (nSPS) is 21.9. The Labute approximate surface area is 153 Å². The number of nitrogens with zero attached hydrogens (tertiary/aromatic N) is 1. The topological polar surface area (TPSA) is 49.4 Å². The van der Waals surface area contributed by atoms with Crippen molar-refractivity contribution < 1.29 is 21.6 Å². The smallest absolute Gasteiger partial charge is 0.317 e. The third-order valence-electron chi connectivity index (χ3n) is 5.05. The van der Waals surface area contributed by atoms with Gasteiger partial charge >= 0.3 is 6.18 Å². The van der Waals surface area contributed by atoms with Crippen molar-refractivity contribution >= 4 is 10.0 Å². The molecule has 0 aromatic heterocycles. The zero-order chi connectivity index (χ0) is 19.4. The minimum atomic E-state index is -4.47. The van der Waals surface area contributed by atoms with E-state index in [-0.39, 0.29) is 4.90 Å². The summed E-state index contributed by atoms with van der Waals surface area (Å²) in [7, 11) is -2.28. The number of hydrogen-bond acceptors (Lipinski definition) is 3. The highest BCUT2D eigenvalue weighted by atomic mass is 32.2. The first-order valence-corrected chi connectivity index (χ1v) is 10.4. The lowest BCUT2D eigenvalue weighted by molar-refractivity contribution is -0.137. The van der Waals surface area contributed by atoms with E-state index in [1.54, 1.807) is 0 Å². The summed E-state index contributed by atoms with van der Waals surface area (Å²) in [6.07, 6.45) is -0.372. The Morgan fingerprint density at radius 3 is 2.12 bits per heavy atom. The number of halogens is 3. The van der Waals surface area contributed by atoms with Gasteiger partial charge in [-0.2, -0.15) is 13.2 Å². The Hall–Kier alpha value is -1.12. The van der Waals surface area contributed by atoms with E-state index in [0.717, 1.165) is 63.0 Å². The molecule has 1 aliphatic carbocycles. The van der Waals surface area contributed by atoms with Crippen LogP contribution in [0.2, 0.25) is 0 Å². The maximum atomic E-state index is 12.6. The molecule has 0 spiro atoms. The van der Waals surface area contributed by atoms with Gasteiger partial charge in [0.2, 0.25) is 10.0 Å². The van der Waals surface area contributed by atoms with Gasteiger partial charge < -0.3 is 5.32 Å². The minimum Gasteiger partial charge on any atom is -0.317 e. The zero-order valence-corrected chi connectivity index (χ0v) is 16.0. The summed E-state index contributed by atoms with van der Waals surface area (Å²) in [5.74, 6) is 0.935. The van der Waals surface area contributed by atoms with Crippen LogP contribution in [-0.2, 0) is 16.2 Å². The lowest BCUT2D eigenvalue weighted by Gasteiger charge is -2.31. The van der Waals surface area contributed by atoms with E-state index in [4.69, 9.17) is 0 Å². The highest BCUT2D eigenvalue weighted by molar-refractivity contribution is 7.89. The molecule has 0 bridgehead atoms. The van der Waals surface area contributed by atoms with Crippen molar-refractivity contribution in [3.05, 3.63) is 29.8 Å². The van der Waals surface area contributed by atoms with Crippen LogP contribution in [0.3, 0.4) is 0 Å². The summed E-state index contributed by atoms with van der Waals surface area (Å²) in [6.45, 7) is 4.43. The fourth-order valence-corrected chi connectivity index (χ4v) is 4.67. The van der Waals surface area contributed by atoms with Crippen molar-refractivity contribution in [1.82, 2.24) is 9.62 Å². The van der Waals surface area contributed by atoms with E-state index in [0.29, 0.717) is 18.4 Å². The molecule has 4 nitrogen and oxygen atoms in total. The Morgan fingerprint density at radius 1 is 1.08 bits per heavy atom. The fourth-order valence-electron chi connectivity index (χ4n) is 3.42. The molecule has 0 saturated heterocycles. The Bertz CT molecular complexity index is 667. The van der Waals surface area contributed by atoms with E-state index >= 15 is 0 Å². The second kappa shape index (κ2) is 8.71. The Kier molecular flexibility index (Phi) is 7.10. The third kappa shape index (κ3) is 5.44. The van der Waals surface area contributed by atoms with Crippen molar-refractivity contribution in [3.63, 3.8) is 0 Å². The van der Waals surface area contributed by atoms with Gasteiger partial charge in [0.25, 0.3) is 0 Å². The summed E-state index contributed by atoms with van der Waals surface area (Å²) < 4.78 is 64.4. The molecule has 1 aliphatic rings. The van der Waals surface area contributed by atoms with Crippen LogP contribution in [0.15, 0.2) is 29.2 Å². The van der Waals surface area contributed by atoms with E-state index in [9.17, 15) is 21.6 Å². The fraction of sp³-hybridized carbons (Fsp3) is 0.667. The van der Waals surface area contributed by atoms with Gasteiger partial charge in [0.05, 0.1) is 10.5 Å². The minimum absolute atomic E-state index is 0.103. The summed E-state index contributed by atoms with van der Waals surface area (Å²) >= 11 is 0. The molecule has 1 aromatic rings. The average molecular weight is 392 g/mol. The molecule has 1 N–H and O–H groups in total. The quantitative estimate of drug-likeness (QED) is 0.769. The molecule has 0 aliphatic heterocycles. The second-order valence-electron chi connectivity index (χ2n) is 7.00. The van der Waals surface area contributed by atoms with E-state index < -0.39 is 21.8 Å². The molecule has 8 heteroatoms. The predicted molar refractivity (Wildman–Crippen MR) is 95.3 cm³/mol. The molecular formula is C18H27F3N2O2S. The Morgan fingerprint density at radius 2 is 1.62 bits per heavy atom. The van der Waals surface area contributed by atoms with Crippen LogP contribution in [0, 0.1) is 11.8 Å². The van der Waals surface area contributed by atoms with Gasteiger partial charge in [-0.05, 0) is 74.9 Å². The van der Waals surface area contributed by atoms with Crippen LogP contribution in [0.5, 0.6) is 0 Å². The number of nitrogens with one attached hydrogen (secondary N) is 1. The molecule has 1 aromatic carbocycles. The maximum Gasteiger partial charge on any atom is 0.416 e. The molecule has 26 heavy (non-hydrogen) atoms. The molecule has 0 amide bonds. The first-order chi connectivity index (χ1) is 12.1. The summed E-state index contributed by atoms with van der Waals surface area (Å²) in [5, 5.41) is 3.35. The largest absolute Gasteiger partial charge is 0.416 e. The highest BCUT2D eigenvalue weighted by Crippen LogP contribution is 2.32. The van der Waals surface area contributed by atoms with Gasteiger partial charge in [-0.25, -0.2) is 12.7 Å². The molecule has 0 heterocycles. The standard InChI is InChI=1S/C18H27F3N2O2S/c1-3-22-12-14-4-6-15(7-5-14)13-23(2)26(24,25)17-10-8-16(9-11-17)18(19,20)21/h8-11,14-15,22H,3-7,12-13H2,1-2H3. The van der Waals surface area contributed by atoms with Crippen LogP contribution in [0.25, 0.3) is 0 Å². The van der Waals surface area contributed by atoms with Gasteiger partial charge in [0, 0.05) is 13.6 Å². The van der Waals surface area contributed by atoms with Crippen molar-refractivity contribution in [3.8, 4) is 0 Å². The Balaban J connectivity index is 1.95. The van der Waals surface area contributed by atoms with E-state index in [1.165, 1.54) is 11.4 Å². The average Bonchev–Trinajstić information content (AvgIpc) is 2.60. The zero-order valence-electron chi connectivity index (χ0n) is 15.2. The SMILES string of the molecule is CCNCC1CCC(CN(C)S(=O)(=O)c2ccc(C(F)(F)F)cc2)CC1. The number of sulfonamides is 1. The van der Waals surface area contributed by atoms with Crippen LogP contribution < -0.4 is 5.32 Å². The van der Waals surface area contributed by atoms with Gasteiger partial charge in [0.15, 0.2) is 0 Å². The molecule has 2 rings (SSSR count). The first kappa shape index (κ1) is 21.2. The van der Waals surface area contributed by atoms with Crippen LogP contribution in [0.1, 0.15) is 38.2 Å². The number of hydrogen-bond donors (Lipinski definition) is 1. The molecule has 1 saturated carbocycles. The monoisotopic (exact) mass is 392 g/mol.